The predicted molar refractivity (Wildman–Crippen MR) is 93.0 cm³/mol. The van der Waals surface area contributed by atoms with E-state index in [2.05, 4.69) is 34.8 Å². The molecule has 0 unspecified atom stereocenters. The Bertz CT molecular complexity index is 658. The topological polar surface area (TPSA) is 67.2 Å². The summed E-state index contributed by atoms with van der Waals surface area (Å²) in [5, 5.41) is 10.3. The maximum atomic E-state index is 12.3. The number of rotatable bonds is 6. The number of benzene rings is 1. The number of carbonyl (C=O) groups is 1. The second-order valence-corrected chi connectivity index (χ2v) is 6.38. The number of hydrogen-bond donors (Lipinski definition) is 2. The summed E-state index contributed by atoms with van der Waals surface area (Å²) in [6.45, 7) is 4.60. The van der Waals surface area contributed by atoms with Crippen LogP contribution in [0.25, 0.3) is 0 Å². The molecule has 2 aromatic rings. The first-order valence-corrected chi connectivity index (χ1v) is 8.79. The fourth-order valence-electron chi connectivity index (χ4n) is 3.13. The SMILES string of the molecule is CCCc1cc(CNC(=O)c2ccc([C@@H]3CCCNC3)cc2)on1. The Hall–Kier alpha value is -2.14. The molecule has 2 heterocycles. The fraction of sp³-hybridized carbons (Fsp3) is 0.474. The number of aromatic nitrogens is 1. The summed E-state index contributed by atoms with van der Waals surface area (Å²) in [5.41, 5.74) is 2.92. The van der Waals surface area contributed by atoms with Gasteiger partial charge in [0.15, 0.2) is 5.76 Å². The first kappa shape index (κ1) is 16.7. The maximum Gasteiger partial charge on any atom is 0.251 e. The van der Waals surface area contributed by atoms with Gasteiger partial charge in [0.2, 0.25) is 0 Å². The summed E-state index contributed by atoms with van der Waals surface area (Å²) in [6, 6.07) is 9.86. The minimum absolute atomic E-state index is 0.0863. The van der Waals surface area contributed by atoms with Crippen molar-refractivity contribution in [1.29, 1.82) is 0 Å². The zero-order chi connectivity index (χ0) is 16.8. The van der Waals surface area contributed by atoms with E-state index >= 15 is 0 Å². The second-order valence-electron chi connectivity index (χ2n) is 6.38. The monoisotopic (exact) mass is 327 g/mol. The average Bonchev–Trinajstić information content (AvgIpc) is 3.08. The summed E-state index contributed by atoms with van der Waals surface area (Å²) in [6.07, 6.45) is 4.35. The Morgan fingerprint density at radius 3 is 2.92 bits per heavy atom. The van der Waals surface area contributed by atoms with Crippen LogP contribution in [0.1, 0.15) is 59.5 Å². The van der Waals surface area contributed by atoms with Crippen molar-refractivity contribution in [3.05, 3.63) is 52.9 Å². The highest BCUT2D eigenvalue weighted by molar-refractivity contribution is 5.94. The van der Waals surface area contributed by atoms with E-state index in [1.807, 2.05) is 18.2 Å². The van der Waals surface area contributed by atoms with Gasteiger partial charge in [-0.25, -0.2) is 0 Å². The van der Waals surface area contributed by atoms with Crippen LogP contribution in [0.2, 0.25) is 0 Å². The van der Waals surface area contributed by atoms with Gasteiger partial charge < -0.3 is 15.2 Å². The Morgan fingerprint density at radius 2 is 2.21 bits per heavy atom. The molecular weight excluding hydrogens is 302 g/mol. The molecule has 1 aromatic carbocycles. The summed E-state index contributed by atoms with van der Waals surface area (Å²) in [7, 11) is 0. The van der Waals surface area contributed by atoms with Crippen molar-refractivity contribution < 1.29 is 9.32 Å². The number of aryl methyl sites for hydroxylation is 1. The molecule has 1 atom stereocenters. The summed E-state index contributed by atoms with van der Waals surface area (Å²) < 4.78 is 5.23. The standard InChI is InChI=1S/C19H25N3O2/c1-2-4-17-11-18(24-22-17)13-21-19(23)15-8-6-14(7-9-15)16-5-3-10-20-12-16/h6-9,11,16,20H,2-5,10,12-13H2,1H3,(H,21,23)/t16-/m1/s1. The number of hydrogen-bond acceptors (Lipinski definition) is 4. The number of nitrogens with zero attached hydrogens (tertiary/aromatic N) is 1. The molecule has 1 aromatic heterocycles. The summed E-state index contributed by atoms with van der Waals surface area (Å²) in [4.78, 5) is 12.3. The van der Waals surface area contributed by atoms with E-state index in [1.165, 1.54) is 18.4 Å². The molecule has 0 radical (unpaired) electrons. The lowest BCUT2D eigenvalue weighted by Gasteiger charge is -2.23. The first-order chi connectivity index (χ1) is 11.8. The lowest BCUT2D eigenvalue weighted by atomic mass is 9.91. The molecule has 24 heavy (non-hydrogen) atoms. The number of amides is 1. The van der Waals surface area contributed by atoms with Crippen LogP contribution in [0, 0.1) is 0 Å². The van der Waals surface area contributed by atoms with Gasteiger partial charge in [-0.3, -0.25) is 4.79 Å². The van der Waals surface area contributed by atoms with Crippen molar-refractivity contribution in [2.75, 3.05) is 13.1 Å². The molecule has 1 aliphatic rings. The molecule has 128 valence electrons. The van der Waals surface area contributed by atoms with E-state index in [9.17, 15) is 4.79 Å². The van der Waals surface area contributed by atoms with Gasteiger partial charge in [-0.05, 0) is 49.4 Å². The Morgan fingerprint density at radius 1 is 1.38 bits per heavy atom. The van der Waals surface area contributed by atoms with Crippen LogP contribution in [0.15, 0.2) is 34.9 Å². The minimum Gasteiger partial charge on any atom is -0.359 e. The molecule has 1 fully saturated rings. The smallest absolute Gasteiger partial charge is 0.251 e. The minimum atomic E-state index is -0.0863. The van der Waals surface area contributed by atoms with Gasteiger partial charge in [0.1, 0.15) is 0 Å². The van der Waals surface area contributed by atoms with Crippen LogP contribution in [0.3, 0.4) is 0 Å². The van der Waals surface area contributed by atoms with Crippen molar-refractivity contribution in [2.45, 2.75) is 45.1 Å². The Kier molecular flexibility index (Phi) is 5.64. The number of carbonyl (C=O) groups excluding carboxylic acids is 1. The van der Waals surface area contributed by atoms with Crippen molar-refractivity contribution in [3.63, 3.8) is 0 Å². The fourth-order valence-corrected chi connectivity index (χ4v) is 3.13. The van der Waals surface area contributed by atoms with Crippen LogP contribution in [0.4, 0.5) is 0 Å². The third-order valence-corrected chi connectivity index (χ3v) is 4.48. The molecule has 2 N–H and O–H groups in total. The third kappa shape index (κ3) is 4.23. The predicted octanol–water partition coefficient (Wildman–Crippen LogP) is 3.02. The maximum absolute atomic E-state index is 12.3. The Labute approximate surface area is 142 Å². The molecule has 3 rings (SSSR count). The van der Waals surface area contributed by atoms with E-state index in [0.29, 0.717) is 23.8 Å². The quantitative estimate of drug-likeness (QED) is 0.856. The molecule has 0 bridgehead atoms. The molecule has 5 nitrogen and oxygen atoms in total. The highest BCUT2D eigenvalue weighted by Crippen LogP contribution is 2.23. The van der Waals surface area contributed by atoms with E-state index in [0.717, 1.165) is 31.6 Å². The lowest BCUT2D eigenvalue weighted by Crippen LogP contribution is -2.28. The molecule has 0 saturated carbocycles. The summed E-state index contributed by atoms with van der Waals surface area (Å²) in [5.74, 6) is 1.16. The van der Waals surface area contributed by atoms with Crippen LogP contribution in [-0.2, 0) is 13.0 Å². The van der Waals surface area contributed by atoms with Gasteiger partial charge in [-0.1, -0.05) is 30.6 Å². The zero-order valence-corrected chi connectivity index (χ0v) is 14.2. The van der Waals surface area contributed by atoms with Crippen molar-refractivity contribution in [3.8, 4) is 0 Å². The highest BCUT2D eigenvalue weighted by Gasteiger charge is 2.15. The molecule has 1 amide bonds. The van der Waals surface area contributed by atoms with E-state index in [4.69, 9.17) is 4.52 Å². The van der Waals surface area contributed by atoms with E-state index in [1.54, 1.807) is 0 Å². The average molecular weight is 327 g/mol. The molecule has 0 spiro atoms. The molecule has 1 aliphatic heterocycles. The third-order valence-electron chi connectivity index (χ3n) is 4.48. The zero-order valence-electron chi connectivity index (χ0n) is 14.2. The normalized spacial score (nSPS) is 17.6. The number of piperidine rings is 1. The van der Waals surface area contributed by atoms with Crippen LogP contribution in [0.5, 0.6) is 0 Å². The lowest BCUT2D eigenvalue weighted by molar-refractivity contribution is 0.0947. The molecule has 1 saturated heterocycles. The number of nitrogens with one attached hydrogen (secondary N) is 2. The van der Waals surface area contributed by atoms with Gasteiger partial charge in [-0.2, -0.15) is 0 Å². The molecule has 5 heteroatoms. The van der Waals surface area contributed by atoms with Crippen LogP contribution >= 0.6 is 0 Å². The highest BCUT2D eigenvalue weighted by atomic mass is 16.5. The second kappa shape index (κ2) is 8.11. The van der Waals surface area contributed by atoms with Gasteiger partial charge in [-0.15, -0.1) is 0 Å². The summed E-state index contributed by atoms with van der Waals surface area (Å²) >= 11 is 0. The largest absolute Gasteiger partial charge is 0.359 e. The van der Waals surface area contributed by atoms with Gasteiger partial charge in [0, 0.05) is 18.2 Å². The van der Waals surface area contributed by atoms with Crippen molar-refractivity contribution in [2.24, 2.45) is 0 Å². The van der Waals surface area contributed by atoms with Crippen LogP contribution in [-0.4, -0.2) is 24.2 Å². The molecule has 0 aliphatic carbocycles. The van der Waals surface area contributed by atoms with E-state index in [-0.39, 0.29) is 5.91 Å². The van der Waals surface area contributed by atoms with Crippen molar-refractivity contribution >= 4 is 5.91 Å². The first-order valence-electron chi connectivity index (χ1n) is 8.79. The van der Waals surface area contributed by atoms with E-state index < -0.39 is 0 Å². The van der Waals surface area contributed by atoms with Gasteiger partial charge >= 0.3 is 0 Å². The Balaban J connectivity index is 1.54. The van der Waals surface area contributed by atoms with Gasteiger partial charge in [0.05, 0.1) is 12.2 Å². The van der Waals surface area contributed by atoms with Crippen LogP contribution < -0.4 is 10.6 Å². The van der Waals surface area contributed by atoms with Crippen molar-refractivity contribution in [1.82, 2.24) is 15.8 Å². The van der Waals surface area contributed by atoms with Gasteiger partial charge in [0.25, 0.3) is 5.91 Å². The molecular formula is C19H25N3O2.